The second-order valence-corrected chi connectivity index (χ2v) is 5.97. The lowest BCUT2D eigenvalue weighted by molar-refractivity contribution is 0.432. The van der Waals surface area contributed by atoms with Gasteiger partial charge in [-0.1, -0.05) is 12.1 Å². The van der Waals surface area contributed by atoms with Gasteiger partial charge in [0.05, 0.1) is 12.0 Å². The van der Waals surface area contributed by atoms with E-state index in [2.05, 4.69) is 41.2 Å². The molecule has 0 unspecified atom stereocenters. The maximum atomic E-state index is 5.52. The smallest absolute Gasteiger partial charge is 0.134 e. The zero-order chi connectivity index (χ0) is 14.9. The zero-order valence-corrected chi connectivity index (χ0v) is 12.9. The number of aromatic nitrogens is 2. The van der Waals surface area contributed by atoms with E-state index >= 15 is 0 Å². The first-order chi connectivity index (χ1) is 10.8. The molecule has 0 atom stereocenters. The van der Waals surface area contributed by atoms with Gasteiger partial charge in [0.2, 0.25) is 0 Å². The number of fused-ring (bicyclic) bond motifs is 1. The summed E-state index contributed by atoms with van der Waals surface area (Å²) in [6, 6.07) is 10.6. The summed E-state index contributed by atoms with van der Waals surface area (Å²) in [4.78, 5) is 0. The molecule has 0 aliphatic carbocycles. The van der Waals surface area contributed by atoms with Gasteiger partial charge in [-0.2, -0.15) is 5.10 Å². The van der Waals surface area contributed by atoms with Gasteiger partial charge in [-0.25, -0.2) is 0 Å². The van der Waals surface area contributed by atoms with Crippen molar-refractivity contribution in [3.05, 3.63) is 42.3 Å². The van der Waals surface area contributed by atoms with Gasteiger partial charge in [0.25, 0.3) is 0 Å². The van der Waals surface area contributed by atoms with Crippen molar-refractivity contribution in [2.75, 3.05) is 13.1 Å². The largest absolute Gasteiger partial charge is 0.464 e. The molecule has 3 aromatic rings. The van der Waals surface area contributed by atoms with E-state index in [1.807, 2.05) is 6.07 Å². The lowest BCUT2D eigenvalue weighted by Gasteiger charge is -2.23. The molecule has 4 nitrogen and oxygen atoms in total. The van der Waals surface area contributed by atoms with Crippen LogP contribution in [0.1, 0.15) is 31.4 Å². The Bertz CT molecular complexity index is 781. The van der Waals surface area contributed by atoms with Crippen molar-refractivity contribution in [1.82, 2.24) is 15.1 Å². The number of nitrogens with one attached hydrogen (secondary N) is 1. The van der Waals surface area contributed by atoms with Crippen molar-refractivity contribution in [3.8, 4) is 11.3 Å². The van der Waals surface area contributed by atoms with Gasteiger partial charge in [-0.05, 0) is 51.1 Å². The van der Waals surface area contributed by atoms with Crippen LogP contribution in [-0.4, -0.2) is 22.9 Å². The van der Waals surface area contributed by atoms with Gasteiger partial charge in [0, 0.05) is 29.1 Å². The topological polar surface area (TPSA) is 43.0 Å². The van der Waals surface area contributed by atoms with Crippen LogP contribution < -0.4 is 5.32 Å². The van der Waals surface area contributed by atoms with Crippen molar-refractivity contribution in [1.29, 1.82) is 0 Å². The summed E-state index contributed by atoms with van der Waals surface area (Å²) >= 11 is 0. The molecular weight excluding hydrogens is 274 g/mol. The predicted molar refractivity (Wildman–Crippen MR) is 88.0 cm³/mol. The second kappa shape index (κ2) is 5.61. The lowest BCUT2D eigenvalue weighted by Crippen LogP contribution is -2.27. The molecule has 114 valence electrons. The Morgan fingerprint density at radius 3 is 2.91 bits per heavy atom. The number of rotatable bonds is 3. The summed E-state index contributed by atoms with van der Waals surface area (Å²) in [5.41, 5.74) is 4.48. The minimum atomic E-state index is 0.620. The monoisotopic (exact) mass is 295 g/mol. The Morgan fingerprint density at radius 2 is 2.09 bits per heavy atom. The maximum absolute atomic E-state index is 5.52. The fraction of sp³-hybridized carbons (Fsp3) is 0.389. The van der Waals surface area contributed by atoms with Crippen LogP contribution in [0.4, 0.5) is 0 Å². The molecule has 1 aromatic carbocycles. The zero-order valence-electron chi connectivity index (χ0n) is 12.9. The summed E-state index contributed by atoms with van der Waals surface area (Å²) in [5.74, 6) is 0.620. The molecule has 1 saturated heterocycles. The second-order valence-electron chi connectivity index (χ2n) is 5.97. The maximum Gasteiger partial charge on any atom is 0.134 e. The van der Waals surface area contributed by atoms with E-state index < -0.39 is 0 Å². The molecule has 1 aliphatic heterocycles. The highest BCUT2D eigenvalue weighted by atomic mass is 16.3. The molecule has 1 aliphatic rings. The van der Waals surface area contributed by atoms with E-state index in [-0.39, 0.29) is 0 Å². The van der Waals surface area contributed by atoms with Crippen LogP contribution in [0.25, 0.3) is 22.2 Å². The molecule has 0 spiro atoms. The highest BCUT2D eigenvalue weighted by molar-refractivity contribution is 5.82. The van der Waals surface area contributed by atoms with Crippen LogP contribution in [0.2, 0.25) is 0 Å². The summed E-state index contributed by atoms with van der Waals surface area (Å²) in [5, 5.41) is 9.39. The summed E-state index contributed by atoms with van der Waals surface area (Å²) in [6.45, 7) is 5.29. The normalized spacial score (nSPS) is 16.4. The summed E-state index contributed by atoms with van der Waals surface area (Å²) in [7, 11) is 0. The van der Waals surface area contributed by atoms with Crippen LogP contribution in [0.15, 0.2) is 41.0 Å². The lowest BCUT2D eigenvalue weighted by atomic mass is 9.94. The molecular formula is C18H21N3O. The molecule has 3 heterocycles. The Balaban J connectivity index is 1.73. The van der Waals surface area contributed by atoms with E-state index in [1.54, 1.807) is 6.26 Å². The van der Waals surface area contributed by atoms with Gasteiger partial charge < -0.3 is 9.73 Å². The van der Waals surface area contributed by atoms with E-state index in [1.165, 1.54) is 18.5 Å². The molecule has 4 rings (SSSR count). The fourth-order valence-corrected chi connectivity index (χ4v) is 3.39. The SMILES string of the molecule is CCn1nc(-c2ccc3ccoc3c2)cc1C1CCNCC1. The van der Waals surface area contributed by atoms with Crippen molar-refractivity contribution < 1.29 is 4.42 Å². The molecule has 4 heteroatoms. The van der Waals surface area contributed by atoms with Crippen molar-refractivity contribution in [2.45, 2.75) is 32.2 Å². The Kier molecular flexibility index (Phi) is 3.47. The molecule has 0 amide bonds. The number of furan rings is 1. The first-order valence-electron chi connectivity index (χ1n) is 8.11. The number of piperidine rings is 1. The van der Waals surface area contributed by atoms with Crippen LogP contribution in [0.3, 0.4) is 0 Å². The number of aryl methyl sites for hydroxylation is 1. The van der Waals surface area contributed by atoms with Gasteiger partial charge in [0.15, 0.2) is 0 Å². The van der Waals surface area contributed by atoms with Gasteiger partial charge >= 0.3 is 0 Å². The van der Waals surface area contributed by atoms with Crippen molar-refractivity contribution >= 4 is 11.0 Å². The molecule has 1 fully saturated rings. The number of hydrogen-bond donors (Lipinski definition) is 1. The van der Waals surface area contributed by atoms with Crippen molar-refractivity contribution in [2.24, 2.45) is 0 Å². The van der Waals surface area contributed by atoms with Gasteiger partial charge in [-0.15, -0.1) is 0 Å². The minimum Gasteiger partial charge on any atom is -0.464 e. The van der Waals surface area contributed by atoms with Gasteiger partial charge in [0.1, 0.15) is 5.58 Å². The van der Waals surface area contributed by atoms with Gasteiger partial charge in [-0.3, -0.25) is 4.68 Å². The number of nitrogens with zero attached hydrogens (tertiary/aromatic N) is 2. The van der Waals surface area contributed by atoms with Crippen molar-refractivity contribution in [3.63, 3.8) is 0 Å². The van der Waals surface area contributed by atoms with Crippen LogP contribution in [0, 0.1) is 0 Å². The number of hydrogen-bond acceptors (Lipinski definition) is 3. The number of benzene rings is 1. The van der Waals surface area contributed by atoms with E-state index in [0.29, 0.717) is 5.92 Å². The first kappa shape index (κ1) is 13.6. The average Bonchev–Trinajstić information content (AvgIpc) is 3.21. The average molecular weight is 295 g/mol. The molecule has 0 saturated carbocycles. The summed E-state index contributed by atoms with van der Waals surface area (Å²) in [6.07, 6.45) is 4.13. The summed E-state index contributed by atoms with van der Waals surface area (Å²) < 4.78 is 7.68. The highest BCUT2D eigenvalue weighted by Crippen LogP contribution is 2.30. The van der Waals surface area contributed by atoms with E-state index in [4.69, 9.17) is 9.52 Å². The molecule has 22 heavy (non-hydrogen) atoms. The van der Waals surface area contributed by atoms with E-state index in [0.717, 1.165) is 41.9 Å². The fourth-order valence-electron chi connectivity index (χ4n) is 3.39. The predicted octanol–water partition coefficient (Wildman–Crippen LogP) is 3.78. The first-order valence-corrected chi connectivity index (χ1v) is 8.11. The van der Waals surface area contributed by atoms with Crippen LogP contribution in [-0.2, 0) is 6.54 Å². The molecule has 0 radical (unpaired) electrons. The van der Waals surface area contributed by atoms with Crippen LogP contribution >= 0.6 is 0 Å². The quantitative estimate of drug-likeness (QED) is 0.799. The third-order valence-electron chi connectivity index (χ3n) is 4.62. The third-order valence-corrected chi connectivity index (χ3v) is 4.62. The third kappa shape index (κ3) is 2.33. The Morgan fingerprint density at radius 1 is 1.23 bits per heavy atom. The minimum absolute atomic E-state index is 0.620. The van der Waals surface area contributed by atoms with E-state index in [9.17, 15) is 0 Å². The highest BCUT2D eigenvalue weighted by Gasteiger charge is 2.20. The standard InChI is InChI=1S/C18H21N3O/c1-2-21-17(13-5-8-19-9-6-13)12-16(20-21)15-4-3-14-7-10-22-18(14)11-15/h3-4,7,10-13,19H,2,5-6,8-9H2,1H3. The Hall–Kier alpha value is -2.07. The molecule has 1 N–H and O–H groups in total. The van der Waals surface area contributed by atoms with Crippen LogP contribution in [0.5, 0.6) is 0 Å². The Labute approximate surface area is 130 Å². The molecule has 2 aromatic heterocycles. The molecule has 0 bridgehead atoms.